The topological polar surface area (TPSA) is 67.2 Å². The summed E-state index contributed by atoms with van der Waals surface area (Å²) in [5.74, 6) is 0.117. The van der Waals surface area contributed by atoms with Gasteiger partial charge in [0.15, 0.2) is 0 Å². The third-order valence-corrected chi connectivity index (χ3v) is 3.56. The molecule has 2 N–H and O–H groups in total. The summed E-state index contributed by atoms with van der Waals surface area (Å²) >= 11 is 0. The maximum Gasteiger partial charge on any atom is 0.251 e. The van der Waals surface area contributed by atoms with Gasteiger partial charge in [-0.2, -0.15) is 5.10 Å². The number of aromatic hydroxyl groups is 1. The molecule has 1 aromatic heterocycles. The summed E-state index contributed by atoms with van der Waals surface area (Å²) in [5.41, 5.74) is 3.55. The van der Waals surface area contributed by atoms with E-state index in [0.717, 1.165) is 16.7 Å². The lowest BCUT2D eigenvalue weighted by atomic mass is 10.0. The van der Waals surface area contributed by atoms with Gasteiger partial charge in [0.1, 0.15) is 5.75 Å². The highest BCUT2D eigenvalue weighted by atomic mass is 16.3. The molecule has 1 amide bonds. The molecule has 1 heterocycles. The molecule has 3 aromatic rings. The van der Waals surface area contributed by atoms with Gasteiger partial charge in [-0.15, -0.1) is 0 Å². The summed E-state index contributed by atoms with van der Waals surface area (Å²) in [5, 5.41) is 16.3. The van der Waals surface area contributed by atoms with Crippen molar-refractivity contribution >= 4 is 5.91 Å². The Kier molecular flexibility index (Phi) is 4.10. The molecule has 23 heavy (non-hydrogen) atoms. The van der Waals surface area contributed by atoms with Gasteiger partial charge < -0.3 is 10.4 Å². The zero-order chi connectivity index (χ0) is 16.2. The van der Waals surface area contributed by atoms with Crippen LogP contribution in [0.4, 0.5) is 0 Å². The van der Waals surface area contributed by atoms with Crippen molar-refractivity contribution in [1.29, 1.82) is 0 Å². The van der Waals surface area contributed by atoms with Crippen LogP contribution in [0.3, 0.4) is 0 Å². The summed E-state index contributed by atoms with van der Waals surface area (Å²) in [4.78, 5) is 12.1. The molecule has 5 nitrogen and oxygen atoms in total. The van der Waals surface area contributed by atoms with E-state index >= 15 is 0 Å². The molecule has 5 heteroatoms. The maximum atomic E-state index is 12.1. The smallest absolute Gasteiger partial charge is 0.251 e. The van der Waals surface area contributed by atoms with Crippen LogP contribution in [0, 0.1) is 0 Å². The van der Waals surface area contributed by atoms with E-state index in [9.17, 15) is 9.90 Å². The van der Waals surface area contributed by atoms with Gasteiger partial charge in [-0.3, -0.25) is 9.48 Å². The van der Waals surface area contributed by atoms with Gasteiger partial charge in [0.25, 0.3) is 5.91 Å². The number of rotatable bonds is 4. The number of hydrogen-bond acceptors (Lipinski definition) is 3. The number of carbonyl (C=O) groups excluding carboxylic acids is 1. The first-order valence-electron chi connectivity index (χ1n) is 7.27. The first-order chi connectivity index (χ1) is 11.1. The largest absolute Gasteiger partial charge is 0.508 e. The van der Waals surface area contributed by atoms with Crippen LogP contribution in [-0.4, -0.2) is 20.8 Å². The number of hydrogen-bond donors (Lipinski definition) is 2. The Morgan fingerprint density at radius 3 is 2.26 bits per heavy atom. The minimum Gasteiger partial charge on any atom is -0.508 e. The highest BCUT2D eigenvalue weighted by Crippen LogP contribution is 2.22. The van der Waals surface area contributed by atoms with Crippen molar-refractivity contribution in [2.24, 2.45) is 7.05 Å². The third-order valence-electron chi connectivity index (χ3n) is 3.56. The number of phenols is 1. The molecule has 0 saturated heterocycles. The molecule has 2 aromatic carbocycles. The van der Waals surface area contributed by atoms with Crippen molar-refractivity contribution in [3.8, 4) is 16.9 Å². The molecule has 0 spiro atoms. The maximum absolute atomic E-state index is 12.1. The van der Waals surface area contributed by atoms with Gasteiger partial charge >= 0.3 is 0 Å². The Morgan fingerprint density at radius 2 is 1.70 bits per heavy atom. The second-order valence-corrected chi connectivity index (χ2v) is 5.33. The molecule has 0 fully saturated rings. The van der Waals surface area contributed by atoms with Crippen LogP contribution >= 0.6 is 0 Å². The zero-order valence-electron chi connectivity index (χ0n) is 12.7. The van der Waals surface area contributed by atoms with Crippen molar-refractivity contribution in [3.05, 3.63) is 72.1 Å². The standard InChI is InChI=1S/C18H17N3O2/c1-21-12-13(11-20-21)10-19-18(23)16-4-2-14(3-5-16)15-6-8-17(22)9-7-15/h2-9,11-12,22H,10H2,1H3,(H,19,23). The normalized spacial score (nSPS) is 10.5. The molecule has 0 radical (unpaired) electrons. The highest BCUT2D eigenvalue weighted by Gasteiger charge is 2.06. The van der Waals surface area contributed by atoms with Crippen LogP contribution in [0.2, 0.25) is 0 Å². The van der Waals surface area contributed by atoms with E-state index in [1.165, 1.54) is 0 Å². The lowest BCUT2D eigenvalue weighted by Crippen LogP contribution is -2.22. The van der Waals surface area contributed by atoms with Crippen LogP contribution in [0.1, 0.15) is 15.9 Å². The Labute approximate surface area is 134 Å². The predicted molar refractivity (Wildman–Crippen MR) is 87.9 cm³/mol. The summed E-state index contributed by atoms with van der Waals surface area (Å²) in [6, 6.07) is 14.3. The average Bonchev–Trinajstić information content (AvgIpc) is 2.99. The molecule has 0 aliphatic heterocycles. The molecule has 0 bridgehead atoms. The number of nitrogens with zero attached hydrogens (tertiary/aromatic N) is 2. The van der Waals surface area contributed by atoms with E-state index in [4.69, 9.17) is 0 Å². The lowest BCUT2D eigenvalue weighted by molar-refractivity contribution is 0.0951. The summed E-state index contributed by atoms with van der Waals surface area (Å²) in [6.45, 7) is 0.451. The number of phenolic OH excluding ortho intramolecular Hbond substituents is 1. The molecule has 0 saturated carbocycles. The number of benzene rings is 2. The van der Waals surface area contributed by atoms with E-state index < -0.39 is 0 Å². The van der Waals surface area contributed by atoms with Gasteiger partial charge in [0.05, 0.1) is 6.20 Å². The van der Waals surface area contributed by atoms with E-state index in [-0.39, 0.29) is 11.7 Å². The highest BCUT2D eigenvalue weighted by molar-refractivity contribution is 5.94. The van der Waals surface area contributed by atoms with Crippen molar-refractivity contribution in [3.63, 3.8) is 0 Å². The first-order valence-corrected chi connectivity index (χ1v) is 7.27. The Morgan fingerprint density at radius 1 is 1.09 bits per heavy atom. The quantitative estimate of drug-likeness (QED) is 0.779. The minimum absolute atomic E-state index is 0.119. The Hall–Kier alpha value is -3.08. The Bertz CT molecular complexity index is 805. The van der Waals surface area contributed by atoms with Crippen molar-refractivity contribution in [2.45, 2.75) is 6.54 Å². The van der Waals surface area contributed by atoms with Crippen LogP contribution in [0.5, 0.6) is 5.75 Å². The number of aryl methyl sites for hydroxylation is 1. The second-order valence-electron chi connectivity index (χ2n) is 5.33. The number of nitrogens with one attached hydrogen (secondary N) is 1. The fraction of sp³-hybridized carbons (Fsp3) is 0.111. The Balaban J connectivity index is 1.66. The molecule has 0 unspecified atom stereocenters. The molecular weight excluding hydrogens is 290 g/mol. The van der Waals surface area contributed by atoms with Crippen LogP contribution < -0.4 is 5.32 Å². The fourth-order valence-electron chi connectivity index (χ4n) is 2.32. The van der Waals surface area contributed by atoms with Crippen LogP contribution in [-0.2, 0) is 13.6 Å². The molecule has 0 aliphatic carbocycles. The zero-order valence-corrected chi connectivity index (χ0v) is 12.7. The monoisotopic (exact) mass is 307 g/mol. The van der Waals surface area contributed by atoms with Gasteiger partial charge in [-0.25, -0.2) is 0 Å². The van der Waals surface area contributed by atoms with E-state index in [1.54, 1.807) is 35.1 Å². The molecule has 0 aliphatic rings. The van der Waals surface area contributed by atoms with E-state index in [2.05, 4.69) is 10.4 Å². The van der Waals surface area contributed by atoms with Gasteiger partial charge in [-0.05, 0) is 35.4 Å². The minimum atomic E-state index is -0.119. The van der Waals surface area contributed by atoms with Gasteiger partial charge in [-0.1, -0.05) is 24.3 Å². The number of aromatic nitrogens is 2. The van der Waals surface area contributed by atoms with Gasteiger partial charge in [0.2, 0.25) is 0 Å². The summed E-state index contributed by atoms with van der Waals surface area (Å²) < 4.78 is 1.70. The van der Waals surface area contributed by atoms with E-state index in [1.807, 2.05) is 37.5 Å². The lowest BCUT2D eigenvalue weighted by Gasteiger charge is -2.06. The molecule has 3 rings (SSSR count). The van der Waals surface area contributed by atoms with Crippen LogP contribution in [0.15, 0.2) is 60.9 Å². The molecular formula is C18H17N3O2. The number of carbonyl (C=O) groups is 1. The second kappa shape index (κ2) is 6.36. The molecule has 0 atom stereocenters. The van der Waals surface area contributed by atoms with Crippen LogP contribution in [0.25, 0.3) is 11.1 Å². The fourth-order valence-corrected chi connectivity index (χ4v) is 2.32. The predicted octanol–water partition coefficient (Wildman–Crippen LogP) is 2.72. The van der Waals surface area contributed by atoms with Gasteiger partial charge in [0, 0.05) is 30.9 Å². The number of amides is 1. The van der Waals surface area contributed by atoms with Crippen molar-refractivity contribution in [2.75, 3.05) is 0 Å². The SMILES string of the molecule is Cn1cc(CNC(=O)c2ccc(-c3ccc(O)cc3)cc2)cn1. The van der Waals surface area contributed by atoms with Crippen molar-refractivity contribution < 1.29 is 9.90 Å². The summed E-state index contributed by atoms with van der Waals surface area (Å²) in [7, 11) is 1.84. The van der Waals surface area contributed by atoms with Crippen molar-refractivity contribution in [1.82, 2.24) is 15.1 Å². The first kappa shape index (κ1) is 14.8. The summed E-state index contributed by atoms with van der Waals surface area (Å²) in [6.07, 6.45) is 3.60. The average molecular weight is 307 g/mol. The molecule has 116 valence electrons. The van der Waals surface area contributed by atoms with E-state index in [0.29, 0.717) is 12.1 Å². The third kappa shape index (κ3) is 3.58.